The lowest BCUT2D eigenvalue weighted by Gasteiger charge is -2.46. The molecule has 0 heterocycles. The van der Waals surface area contributed by atoms with Crippen molar-refractivity contribution in [2.45, 2.75) is 45.6 Å². The zero-order valence-corrected chi connectivity index (χ0v) is 13.9. The Labute approximate surface area is 127 Å². The van der Waals surface area contributed by atoms with Gasteiger partial charge in [-0.25, -0.2) is 4.39 Å². The summed E-state index contributed by atoms with van der Waals surface area (Å²) in [4.78, 5) is 0. The molecule has 1 saturated carbocycles. The van der Waals surface area contributed by atoms with Crippen molar-refractivity contribution in [2.24, 2.45) is 17.1 Å². The Kier molecular flexibility index (Phi) is 4.03. The Balaban J connectivity index is 2.48. The molecule has 0 spiro atoms. The van der Waals surface area contributed by atoms with Crippen molar-refractivity contribution in [1.29, 1.82) is 0 Å². The highest BCUT2D eigenvalue weighted by atomic mass is 79.9. The molecule has 2 N–H and O–H groups in total. The predicted octanol–water partition coefficient (Wildman–Crippen LogP) is 5.24. The van der Waals surface area contributed by atoms with Crippen LogP contribution in [0.3, 0.4) is 0 Å². The van der Waals surface area contributed by atoms with Crippen molar-refractivity contribution in [2.75, 3.05) is 0 Å². The van der Waals surface area contributed by atoms with E-state index < -0.39 is 5.54 Å². The number of nitrogens with two attached hydrogens (primary N) is 1. The largest absolute Gasteiger partial charge is 0.321 e. The zero-order valence-electron chi connectivity index (χ0n) is 11.6. The average molecular weight is 349 g/mol. The Morgan fingerprint density at radius 2 is 2.00 bits per heavy atom. The van der Waals surface area contributed by atoms with Crippen molar-refractivity contribution >= 4 is 27.5 Å². The van der Waals surface area contributed by atoms with Crippen molar-refractivity contribution in [3.05, 3.63) is 33.0 Å². The van der Waals surface area contributed by atoms with E-state index in [1.54, 1.807) is 12.1 Å². The third-order valence-electron chi connectivity index (χ3n) is 3.98. The molecule has 0 amide bonds. The molecule has 0 radical (unpaired) electrons. The van der Waals surface area contributed by atoms with E-state index in [9.17, 15) is 4.39 Å². The van der Waals surface area contributed by atoms with Gasteiger partial charge in [-0.15, -0.1) is 0 Å². The molecule has 106 valence electrons. The second-order valence-corrected chi connectivity index (χ2v) is 7.97. The van der Waals surface area contributed by atoms with Gasteiger partial charge in [0, 0.05) is 15.6 Å². The van der Waals surface area contributed by atoms with Gasteiger partial charge >= 0.3 is 0 Å². The molecule has 1 fully saturated rings. The SMILES string of the molecule is CC1CC(C)(C)CC(N)(c2ccc(Br)c(Cl)c2F)C1. The van der Waals surface area contributed by atoms with Crippen molar-refractivity contribution < 1.29 is 4.39 Å². The maximum Gasteiger partial charge on any atom is 0.147 e. The second-order valence-electron chi connectivity index (χ2n) is 6.73. The van der Waals surface area contributed by atoms with Gasteiger partial charge in [0.15, 0.2) is 0 Å². The summed E-state index contributed by atoms with van der Waals surface area (Å²) in [5.74, 6) is 0.0963. The minimum Gasteiger partial charge on any atom is -0.321 e. The normalized spacial score (nSPS) is 30.4. The molecular formula is C15H20BrClFN. The van der Waals surface area contributed by atoms with Crippen LogP contribution in [0.5, 0.6) is 0 Å². The van der Waals surface area contributed by atoms with Crippen LogP contribution in [-0.2, 0) is 5.54 Å². The molecule has 2 unspecified atom stereocenters. The van der Waals surface area contributed by atoms with Crippen LogP contribution in [0.15, 0.2) is 16.6 Å². The maximum atomic E-state index is 14.4. The lowest BCUT2D eigenvalue weighted by Crippen LogP contribution is -2.47. The molecule has 1 aliphatic rings. The fourth-order valence-electron chi connectivity index (χ4n) is 3.75. The molecule has 1 nitrogen and oxygen atoms in total. The fraction of sp³-hybridized carbons (Fsp3) is 0.600. The van der Waals surface area contributed by atoms with Crippen molar-refractivity contribution in [3.8, 4) is 0 Å². The summed E-state index contributed by atoms with van der Waals surface area (Å²) >= 11 is 9.24. The fourth-order valence-corrected chi connectivity index (χ4v) is 4.22. The quantitative estimate of drug-likeness (QED) is 0.690. The predicted molar refractivity (Wildman–Crippen MR) is 81.8 cm³/mol. The monoisotopic (exact) mass is 347 g/mol. The van der Waals surface area contributed by atoms with Crippen LogP contribution >= 0.6 is 27.5 Å². The maximum absolute atomic E-state index is 14.4. The molecular weight excluding hydrogens is 329 g/mol. The number of rotatable bonds is 1. The number of halogens is 3. The first kappa shape index (κ1) is 15.3. The van der Waals surface area contributed by atoms with E-state index in [0.717, 1.165) is 19.3 Å². The van der Waals surface area contributed by atoms with E-state index in [4.69, 9.17) is 17.3 Å². The van der Waals surface area contributed by atoms with Crippen LogP contribution in [0.25, 0.3) is 0 Å². The summed E-state index contributed by atoms with van der Waals surface area (Å²) in [5.41, 5.74) is 6.59. The first-order valence-electron chi connectivity index (χ1n) is 6.57. The smallest absolute Gasteiger partial charge is 0.147 e. The van der Waals surface area contributed by atoms with Crippen LogP contribution in [0.1, 0.15) is 45.6 Å². The highest BCUT2D eigenvalue weighted by molar-refractivity contribution is 9.10. The van der Waals surface area contributed by atoms with Gasteiger partial charge in [-0.05, 0) is 52.6 Å². The summed E-state index contributed by atoms with van der Waals surface area (Å²) in [6.45, 7) is 6.58. The molecule has 0 aliphatic heterocycles. The van der Waals surface area contributed by atoms with Crippen LogP contribution in [0, 0.1) is 17.2 Å². The van der Waals surface area contributed by atoms with Gasteiger partial charge in [0.1, 0.15) is 5.82 Å². The van der Waals surface area contributed by atoms with E-state index >= 15 is 0 Å². The summed E-state index contributed by atoms with van der Waals surface area (Å²) in [5, 5.41) is 0.123. The molecule has 1 aromatic carbocycles. The Hall–Kier alpha value is -0.120. The Morgan fingerprint density at radius 1 is 1.37 bits per heavy atom. The van der Waals surface area contributed by atoms with E-state index in [1.165, 1.54) is 0 Å². The van der Waals surface area contributed by atoms with E-state index in [1.807, 2.05) is 0 Å². The molecule has 1 aliphatic carbocycles. The number of hydrogen-bond acceptors (Lipinski definition) is 1. The Morgan fingerprint density at radius 3 is 2.58 bits per heavy atom. The topological polar surface area (TPSA) is 26.0 Å². The summed E-state index contributed by atoms with van der Waals surface area (Å²) in [7, 11) is 0. The third-order valence-corrected chi connectivity index (χ3v) is 5.24. The molecule has 4 heteroatoms. The van der Waals surface area contributed by atoms with Crippen LogP contribution in [0.2, 0.25) is 5.02 Å². The van der Waals surface area contributed by atoms with Gasteiger partial charge in [-0.2, -0.15) is 0 Å². The average Bonchev–Trinajstić information content (AvgIpc) is 2.22. The highest BCUT2D eigenvalue weighted by Gasteiger charge is 2.43. The minimum absolute atomic E-state index is 0.123. The van der Waals surface area contributed by atoms with Crippen molar-refractivity contribution in [1.82, 2.24) is 0 Å². The highest BCUT2D eigenvalue weighted by Crippen LogP contribution is 2.48. The lowest BCUT2D eigenvalue weighted by atomic mass is 9.62. The van der Waals surface area contributed by atoms with Gasteiger partial charge in [-0.3, -0.25) is 0 Å². The number of hydrogen-bond donors (Lipinski definition) is 1. The second kappa shape index (κ2) is 5.01. The van der Waals surface area contributed by atoms with Gasteiger partial charge in [0.2, 0.25) is 0 Å². The van der Waals surface area contributed by atoms with Gasteiger partial charge in [0.25, 0.3) is 0 Å². The van der Waals surface area contributed by atoms with Crippen LogP contribution in [0.4, 0.5) is 4.39 Å². The standard InChI is InChI=1S/C15H20BrClFN/c1-9-6-14(2,3)8-15(19,7-9)10-4-5-11(16)12(17)13(10)18/h4-5,9H,6-8,19H2,1-3H3. The lowest BCUT2D eigenvalue weighted by molar-refractivity contribution is 0.105. The summed E-state index contributed by atoms with van der Waals surface area (Å²) in [6.07, 6.45) is 2.70. The summed E-state index contributed by atoms with van der Waals surface area (Å²) in [6, 6.07) is 3.54. The Bertz CT molecular complexity index is 503. The minimum atomic E-state index is -0.629. The molecule has 2 atom stereocenters. The molecule has 0 aromatic heterocycles. The van der Waals surface area contributed by atoms with E-state index in [-0.39, 0.29) is 16.3 Å². The first-order chi connectivity index (χ1) is 8.65. The molecule has 19 heavy (non-hydrogen) atoms. The molecule has 0 bridgehead atoms. The zero-order chi connectivity index (χ0) is 14.4. The molecule has 2 rings (SSSR count). The van der Waals surface area contributed by atoms with E-state index in [2.05, 4.69) is 36.7 Å². The molecule has 1 aromatic rings. The number of benzene rings is 1. The third kappa shape index (κ3) is 2.98. The van der Waals surface area contributed by atoms with Crippen LogP contribution in [-0.4, -0.2) is 0 Å². The van der Waals surface area contributed by atoms with Gasteiger partial charge in [0.05, 0.1) is 5.02 Å². The van der Waals surface area contributed by atoms with Gasteiger partial charge in [-0.1, -0.05) is 38.4 Å². The van der Waals surface area contributed by atoms with Crippen molar-refractivity contribution in [3.63, 3.8) is 0 Å². The summed E-state index contributed by atoms with van der Waals surface area (Å²) < 4.78 is 15.0. The van der Waals surface area contributed by atoms with E-state index in [0.29, 0.717) is 16.0 Å². The molecule has 0 saturated heterocycles. The first-order valence-corrected chi connectivity index (χ1v) is 7.75. The van der Waals surface area contributed by atoms with Gasteiger partial charge < -0.3 is 5.73 Å². The van der Waals surface area contributed by atoms with Crippen LogP contribution < -0.4 is 5.73 Å².